The van der Waals surface area contributed by atoms with Crippen LogP contribution in [-0.4, -0.2) is 4.98 Å². The molecule has 1 aliphatic heterocycles. The summed E-state index contributed by atoms with van der Waals surface area (Å²) in [5.74, 6) is 0. The van der Waals surface area contributed by atoms with Crippen molar-refractivity contribution in [2.75, 3.05) is 5.73 Å². The third-order valence-electron chi connectivity index (χ3n) is 3.06. The van der Waals surface area contributed by atoms with Gasteiger partial charge in [-0.25, -0.2) is 4.98 Å². The van der Waals surface area contributed by atoms with Gasteiger partial charge < -0.3 is 10.5 Å². The predicted octanol–water partition coefficient (Wildman–Crippen LogP) is 3.32. The van der Waals surface area contributed by atoms with Crippen molar-refractivity contribution in [3.63, 3.8) is 0 Å². The van der Waals surface area contributed by atoms with Gasteiger partial charge in [0.15, 0.2) is 5.13 Å². The van der Waals surface area contributed by atoms with Crippen molar-refractivity contribution in [3.05, 3.63) is 47.0 Å². The molecular weight excluding hydrogens is 232 g/mol. The second kappa shape index (κ2) is 4.47. The van der Waals surface area contributed by atoms with Gasteiger partial charge in [-0.3, -0.25) is 0 Å². The zero-order valence-corrected chi connectivity index (χ0v) is 10.2. The molecule has 1 fully saturated rings. The first-order chi connectivity index (χ1) is 8.33. The number of nitrogen functional groups attached to an aromatic ring is 1. The fraction of sp³-hybridized carbons (Fsp3) is 0.308. The van der Waals surface area contributed by atoms with Crippen molar-refractivity contribution in [2.45, 2.75) is 25.0 Å². The Kier molecular flexibility index (Phi) is 2.82. The summed E-state index contributed by atoms with van der Waals surface area (Å²) in [5.41, 5.74) is 7.87. The van der Waals surface area contributed by atoms with Gasteiger partial charge in [-0.15, -0.1) is 11.3 Å². The second-order valence-electron chi connectivity index (χ2n) is 4.21. The molecule has 1 aromatic carbocycles. The smallest absolute Gasteiger partial charge is 0.180 e. The topological polar surface area (TPSA) is 48.1 Å². The summed E-state index contributed by atoms with van der Waals surface area (Å²) >= 11 is 1.47. The van der Waals surface area contributed by atoms with Crippen molar-refractivity contribution >= 4 is 16.5 Å². The van der Waals surface area contributed by atoms with Crippen LogP contribution in [0.1, 0.15) is 36.3 Å². The van der Waals surface area contributed by atoms with E-state index in [2.05, 4.69) is 17.1 Å². The van der Waals surface area contributed by atoms with Crippen LogP contribution in [0.5, 0.6) is 0 Å². The third kappa shape index (κ3) is 2.18. The lowest BCUT2D eigenvalue weighted by Crippen LogP contribution is -2.00. The molecule has 0 bridgehead atoms. The van der Waals surface area contributed by atoms with Crippen molar-refractivity contribution in [1.29, 1.82) is 0 Å². The summed E-state index contributed by atoms with van der Waals surface area (Å²) in [6.07, 6.45) is 2.37. The Labute approximate surface area is 104 Å². The minimum Gasteiger partial charge on any atom is -0.375 e. The standard InChI is InChI=1S/C13H14N2OS/c14-13-15-10(8-17-13)12-7-6-11(16-12)9-4-2-1-3-5-9/h1-5,8,11-12H,6-7H2,(H2,14,15). The van der Waals surface area contributed by atoms with Crippen molar-refractivity contribution in [2.24, 2.45) is 0 Å². The van der Waals surface area contributed by atoms with Gasteiger partial charge in [0.25, 0.3) is 0 Å². The van der Waals surface area contributed by atoms with Crippen LogP contribution >= 0.6 is 11.3 Å². The molecule has 2 heterocycles. The molecule has 1 aliphatic rings. The number of thiazole rings is 1. The summed E-state index contributed by atoms with van der Waals surface area (Å²) in [6.45, 7) is 0. The molecule has 2 unspecified atom stereocenters. The van der Waals surface area contributed by atoms with Crippen LogP contribution in [0.25, 0.3) is 0 Å². The maximum absolute atomic E-state index is 6.04. The van der Waals surface area contributed by atoms with Gasteiger partial charge in [-0.1, -0.05) is 30.3 Å². The molecule has 0 spiro atoms. The molecular formula is C13H14N2OS. The van der Waals surface area contributed by atoms with Gasteiger partial charge in [0, 0.05) is 5.38 Å². The summed E-state index contributed by atoms with van der Waals surface area (Å²) in [7, 11) is 0. The first-order valence-corrected chi connectivity index (χ1v) is 6.62. The van der Waals surface area contributed by atoms with E-state index in [0.717, 1.165) is 18.5 Å². The van der Waals surface area contributed by atoms with E-state index in [4.69, 9.17) is 10.5 Å². The summed E-state index contributed by atoms with van der Waals surface area (Å²) < 4.78 is 6.04. The summed E-state index contributed by atoms with van der Waals surface area (Å²) in [4.78, 5) is 4.29. The molecule has 2 atom stereocenters. The molecule has 0 amide bonds. The molecule has 3 rings (SSSR count). The maximum atomic E-state index is 6.04. The number of aromatic nitrogens is 1. The van der Waals surface area contributed by atoms with Crippen molar-refractivity contribution in [1.82, 2.24) is 4.98 Å². The van der Waals surface area contributed by atoms with Crippen LogP contribution in [0.15, 0.2) is 35.7 Å². The van der Waals surface area contributed by atoms with E-state index in [1.54, 1.807) is 0 Å². The zero-order chi connectivity index (χ0) is 11.7. The van der Waals surface area contributed by atoms with Gasteiger partial charge >= 0.3 is 0 Å². The molecule has 4 heteroatoms. The first-order valence-electron chi connectivity index (χ1n) is 5.74. The van der Waals surface area contributed by atoms with E-state index in [-0.39, 0.29) is 12.2 Å². The lowest BCUT2D eigenvalue weighted by Gasteiger charge is -2.12. The fourth-order valence-electron chi connectivity index (χ4n) is 2.22. The summed E-state index contributed by atoms with van der Waals surface area (Å²) in [6, 6.07) is 10.3. The normalized spacial score (nSPS) is 24.0. The van der Waals surface area contributed by atoms with E-state index >= 15 is 0 Å². The molecule has 2 N–H and O–H groups in total. The average Bonchev–Trinajstić information content (AvgIpc) is 2.98. The zero-order valence-electron chi connectivity index (χ0n) is 9.37. The number of nitrogens with zero attached hydrogens (tertiary/aromatic N) is 1. The average molecular weight is 246 g/mol. The van der Waals surface area contributed by atoms with Gasteiger partial charge in [0.2, 0.25) is 0 Å². The van der Waals surface area contributed by atoms with Crippen LogP contribution in [0.3, 0.4) is 0 Å². The highest BCUT2D eigenvalue weighted by Gasteiger charge is 2.28. The van der Waals surface area contributed by atoms with E-state index in [9.17, 15) is 0 Å². The Bertz CT molecular complexity index is 497. The van der Waals surface area contributed by atoms with Crippen molar-refractivity contribution < 1.29 is 4.74 Å². The molecule has 1 saturated heterocycles. The van der Waals surface area contributed by atoms with Crippen LogP contribution in [0, 0.1) is 0 Å². The molecule has 88 valence electrons. The highest BCUT2D eigenvalue weighted by molar-refractivity contribution is 7.13. The predicted molar refractivity (Wildman–Crippen MR) is 68.8 cm³/mol. The second-order valence-corrected chi connectivity index (χ2v) is 5.10. The van der Waals surface area contributed by atoms with E-state index in [1.165, 1.54) is 16.9 Å². The lowest BCUT2D eigenvalue weighted by molar-refractivity contribution is 0.0421. The van der Waals surface area contributed by atoms with Gasteiger partial charge in [-0.05, 0) is 18.4 Å². The number of ether oxygens (including phenoxy) is 1. The molecule has 17 heavy (non-hydrogen) atoms. The highest BCUT2D eigenvalue weighted by Crippen LogP contribution is 2.40. The van der Waals surface area contributed by atoms with Crippen LogP contribution in [0.4, 0.5) is 5.13 Å². The van der Waals surface area contributed by atoms with Gasteiger partial charge in [-0.2, -0.15) is 0 Å². The molecule has 1 aromatic heterocycles. The van der Waals surface area contributed by atoms with Gasteiger partial charge in [0.05, 0.1) is 11.8 Å². The third-order valence-corrected chi connectivity index (χ3v) is 3.75. The Morgan fingerprint density at radius 2 is 1.94 bits per heavy atom. The fourth-order valence-corrected chi connectivity index (χ4v) is 2.82. The quantitative estimate of drug-likeness (QED) is 0.884. The number of hydrogen-bond acceptors (Lipinski definition) is 4. The Morgan fingerprint density at radius 1 is 1.18 bits per heavy atom. The minimum absolute atomic E-state index is 0.105. The lowest BCUT2D eigenvalue weighted by atomic mass is 10.1. The summed E-state index contributed by atoms with van der Waals surface area (Å²) in [5, 5.41) is 2.61. The number of hydrogen-bond donors (Lipinski definition) is 1. The Morgan fingerprint density at radius 3 is 2.65 bits per heavy atom. The van der Waals surface area contributed by atoms with E-state index < -0.39 is 0 Å². The van der Waals surface area contributed by atoms with E-state index in [0.29, 0.717) is 5.13 Å². The van der Waals surface area contributed by atoms with E-state index in [1.807, 2.05) is 23.6 Å². The SMILES string of the molecule is Nc1nc(C2CCC(c3ccccc3)O2)cs1. The largest absolute Gasteiger partial charge is 0.375 e. The first kappa shape index (κ1) is 10.7. The van der Waals surface area contributed by atoms with Crippen molar-refractivity contribution in [3.8, 4) is 0 Å². The minimum atomic E-state index is 0.105. The van der Waals surface area contributed by atoms with Crippen LogP contribution in [0.2, 0.25) is 0 Å². The van der Waals surface area contributed by atoms with Crippen LogP contribution < -0.4 is 5.73 Å². The van der Waals surface area contributed by atoms with Gasteiger partial charge in [0.1, 0.15) is 6.10 Å². The monoisotopic (exact) mass is 246 g/mol. The molecule has 0 aliphatic carbocycles. The molecule has 3 nitrogen and oxygen atoms in total. The molecule has 2 aromatic rings. The Hall–Kier alpha value is -1.39. The maximum Gasteiger partial charge on any atom is 0.180 e. The molecule has 0 radical (unpaired) electrons. The number of nitrogens with two attached hydrogens (primary N) is 1. The Balaban J connectivity index is 1.74. The number of anilines is 1. The molecule has 0 saturated carbocycles. The number of rotatable bonds is 2. The van der Waals surface area contributed by atoms with Crippen LogP contribution in [-0.2, 0) is 4.74 Å². The highest BCUT2D eigenvalue weighted by atomic mass is 32.1. The number of benzene rings is 1.